The molecule has 0 saturated heterocycles. The van der Waals surface area contributed by atoms with Gasteiger partial charge in [-0.05, 0) is 35.9 Å². The van der Waals surface area contributed by atoms with Crippen molar-refractivity contribution in [2.24, 2.45) is 7.05 Å². The number of methoxy groups -OCH3 is 2. The highest BCUT2D eigenvalue weighted by atomic mass is 16.5. The molecule has 1 N–H and O–H groups in total. The van der Waals surface area contributed by atoms with Crippen LogP contribution in [0.1, 0.15) is 10.5 Å². The molecule has 2 aromatic heterocycles. The Balaban J connectivity index is 1.79. The summed E-state index contributed by atoms with van der Waals surface area (Å²) in [4.78, 5) is 24.8. The number of anilines is 1. The molecular weight excluding hydrogens is 408 g/mol. The number of aromatic nitrogens is 3. The van der Waals surface area contributed by atoms with Crippen molar-refractivity contribution in [3.05, 3.63) is 89.1 Å². The number of amides is 1. The third-order valence-electron chi connectivity index (χ3n) is 4.99. The first kappa shape index (κ1) is 20.9. The van der Waals surface area contributed by atoms with Crippen LogP contribution < -0.4 is 20.3 Å². The van der Waals surface area contributed by atoms with E-state index < -0.39 is 5.91 Å². The van der Waals surface area contributed by atoms with Gasteiger partial charge in [0.15, 0.2) is 17.2 Å². The van der Waals surface area contributed by atoms with Gasteiger partial charge in [-0.3, -0.25) is 9.59 Å². The Morgan fingerprint density at radius 1 is 0.938 bits per heavy atom. The SMILES string of the molecule is COc1ccc(-c2cn(-c3ccccc3)nc2C(=O)Nc2ccc(=O)n(C)c2)cc1OC. The van der Waals surface area contributed by atoms with E-state index in [4.69, 9.17) is 9.47 Å². The minimum absolute atomic E-state index is 0.164. The summed E-state index contributed by atoms with van der Waals surface area (Å²) >= 11 is 0. The van der Waals surface area contributed by atoms with Crippen molar-refractivity contribution in [2.75, 3.05) is 19.5 Å². The van der Waals surface area contributed by atoms with Gasteiger partial charge in [-0.15, -0.1) is 0 Å². The van der Waals surface area contributed by atoms with Crippen LogP contribution in [0.2, 0.25) is 0 Å². The molecule has 0 radical (unpaired) electrons. The maximum absolute atomic E-state index is 13.2. The molecule has 0 fully saturated rings. The number of para-hydroxylation sites is 1. The zero-order valence-corrected chi connectivity index (χ0v) is 17.9. The Morgan fingerprint density at radius 2 is 1.69 bits per heavy atom. The average Bonchev–Trinajstić information content (AvgIpc) is 3.27. The smallest absolute Gasteiger partial charge is 0.276 e. The number of pyridine rings is 1. The van der Waals surface area contributed by atoms with Crippen LogP contribution in [0.25, 0.3) is 16.8 Å². The highest BCUT2D eigenvalue weighted by molar-refractivity contribution is 6.07. The molecule has 8 nitrogen and oxygen atoms in total. The first-order valence-corrected chi connectivity index (χ1v) is 9.85. The molecule has 2 aromatic carbocycles. The Bertz CT molecular complexity index is 1330. The van der Waals surface area contributed by atoms with Gasteiger partial charge >= 0.3 is 0 Å². The summed E-state index contributed by atoms with van der Waals surface area (Å²) in [6, 6.07) is 17.9. The predicted octanol–water partition coefficient (Wildman–Crippen LogP) is 3.51. The summed E-state index contributed by atoms with van der Waals surface area (Å²) in [5, 5.41) is 7.38. The third kappa shape index (κ3) is 4.11. The lowest BCUT2D eigenvalue weighted by Crippen LogP contribution is -2.18. The molecule has 2 heterocycles. The molecular formula is C24H22N4O4. The molecule has 0 spiro atoms. The molecule has 0 unspecified atom stereocenters. The largest absolute Gasteiger partial charge is 0.493 e. The molecule has 4 aromatic rings. The van der Waals surface area contributed by atoms with E-state index in [2.05, 4.69) is 10.4 Å². The number of benzene rings is 2. The topological polar surface area (TPSA) is 87.4 Å². The van der Waals surface area contributed by atoms with Crippen molar-refractivity contribution in [2.45, 2.75) is 0 Å². The Labute approximate surface area is 184 Å². The highest BCUT2D eigenvalue weighted by Gasteiger charge is 2.20. The molecule has 0 aliphatic carbocycles. The lowest BCUT2D eigenvalue weighted by Gasteiger charge is -2.10. The van der Waals surface area contributed by atoms with Crippen molar-refractivity contribution in [1.82, 2.24) is 14.3 Å². The van der Waals surface area contributed by atoms with Crippen LogP contribution in [-0.2, 0) is 7.05 Å². The number of aryl methyl sites for hydroxylation is 1. The molecule has 8 heteroatoms. The molecule has 4 rings (SSSR count). The number of carbonyl (C=O) groups excluding carboxylic acids is 1. The standard InChI is InChI=1S/C24H22N4O4/c1-27-14-17(10-12-22(27)29)25-24(30)23-19(15-28(26-23)18-7-5-4-6-8-18)16-9-11-20(31-2)21(13-16)32-3/h4-15H,1-3H3,(H,25,30). The van der Waals surface area contributed by atoms with Crippen molar-refractivity contribution in [3.8, 4) is 28.3 Å². The van der Waals surface area contributed by atoms with E-state index in [1.54, 1.807) is 56.5 Å². The Morgan fingerprint density at radius 3 is 2.38 bits per heavy atom. The van der Waals surface area contributed by atoms with E-state index in [0.29, 0.717) is 22.7 Å². The fraction of sp³-hybridized carbons (Fsp3) is 0.125. The summed E-state index contributed by atoms with van der Waals surface area (Å²) in [5.74, 6) is 0.730. The van der Waals surface area contributed by atoms with Crippen LogP contribution >= 0.6 is 0 Å². The minimum atomic E-state index is -0.400. The first-order chi connectivity index (χ1) is 15.5. The van der Waals surface area contributed by atoms with Gasteiger partial charge in [0.25, 0.3) is 5.91 Å². The molecule has 0 bridgehead atoms. The molecule has 0 atom stereocenters. The van der Waals surface area contributed by atoms with Crippen LogP contribution in [0.5, 0.6) is 11.5 Å². The Kier molecular flexibility index (Phi) is 5.76. The van der Waals surface area contributed by atoms with Gasteiger partial charge in [-0.25, -0.2) is 4.68 Å². The van der Waals surface area contributed by atoms with Crippen LogP contribution in [0.4, 0.5) is 5.69 Å². The second-order valence-electron chi connectivity index (χ2n) is 7.06. The number of hydrogen-bond acceptors (Lipinski definition) is 5. The summed E-state index contributed by atoms with van der Waals surface area (Å²) in [6.45, 7) is 0. The van der Waals surface area contributed by atoms with E-state index in [1.807, 2.05) is 36.4 Å². The Hall–Kier alpha value is -4.33. The maximum Gasteiger partial charge on any atom is 0.276 e. The minimum Gasteiger partial charge on any atom is -0.493 e. The number of nitrogens with one attached hydrogen (secondary N) is 1. The maximum atomic E-state index is 13.2. The highest BCUT2D eigenvalue weighted by Crippen LogP contribution is 2.34. The third-order valence-corrected chi connectivity index (χ3v) is 4.99. The fourth-order valence-corrected chi connectivity index (χ4v) is 3.33. The number of hydrogen-bond donors (Lipinski definition) is 1. The molecule has 162 valence electrons. The summed E-state index contributed by atoms with van der Waals surface area (Å²) in [5.41, 5.74) is 2.74. The quantitative estimate of drug-likeness (QED) is 0.506. The van der Waals surface area contributed by atoms with Gasteiger partial charge in [0.2, 0.25) is 5.56 Å². The lowest BCUT2D eigenvalue weighted by molar-refractivity contribution is 0.102. The monoisotopic (exact) mass is 430 g/mol. The van der Waals surface area contributed by atoms with E-state index >= 15 is 0 Å². The normalized spacial score (nSPS) is 10.6. The number of rotatable bonds is 6. The predicted molar refractivity (Wildman–Crippen MR) is 122 cm³/mol. The number of nitrogens with zero attached hydrogens (tertiary/aromatic N) is 3. The first-order valence-electron chi connectivity index (χ1n) is 9.85. The van der Waals surface area contributed by atoms with E-state index in [1.165, 1.54) is 10.6 Å². The average molecular weight is 430 g/mol. The summed E-state index contributed by atoms with van der Waals surface area (Å²) in [6.07, 6.45) is 3.36. The van der Waals surface area contributed by atoms with E-state index in [-0.39, 0.29) is 11.3 Å². The molecule has 32 heavy (non-hydrogen) atoms. The van der Waals surface area contributed by atoms with E-state index in [0.717, 1.165) is 11.3 Å². The summed E-state index contributed by atoms with van der Waals surface area (Å²) in [7, 11) is 4.75. The van der Waals surface area contributed by atoms with Gasteiger partial charge in [-0.1, -0.05) is 24.3 Å². The van der Waals surface area contributed by atoms with Gasteiger partial charge in [0.1, 0.15) is 0 Å². The lowest BCUT2D eigenvalue weighted by atomic mass is 10.1. The zero-order valence-electron chi connectivity index (χ0n) is 17.9. The van der Waals surface area contributed by atoms with Crippen LogP contribution in [-0.4, -0.2) is 34.5 Å². The van der Waals surface area contributed by atoms with Crippen LogP contribution in [0, 0.1) is 0 Å². The summed E-state index contributed by atoms with van der Waals surface area (Å²) < 4.78 is 13.8. The van der Waals surface area contributed by atoms with Gasteiger partial charge in [0.05, 0.1) is 25.6 Å². The van der Waals surface area contributed by atoms with E-state index in [9.17, 15) is 9.59 Å². The zero-order chi connectivity index (χ0) is 22.7. The van der Waals surface area contributed by atoms with Gasteiger partial charge in [-0.2, -0.15) is 5.10 Å². The van der Waals surface area contributed by atoms with Crippen LogP contribution in [0.3, 0.4) is 0 Å². The molecule has 0 aliphatic rings. The number of carbonyl (C=O) groups is 1. The van der Waals surface area contributed by atoms with Crippen molar-refractivity contribution in [1.29, 1.82) is 0 Å². The van der Waals surface area contributed by atoms with Crippen LogP contribution in [0.15, 0.2) is 77.9 Å². The molecule has 0 aliphatic heterocycles. The van der Waals surface area contributed by atoms with Gasteiger partial charge < -0.3 is 19.4 Å². The van der Waals surface area contributed by atoms with Crippen molar-refractivity contribution in [3.63, 3.8) is 0 Å². The fourth-order valence-electron chi connectivity index (χ4n) is 3.33. The molecule has 0 saturated carbocycles. The molecule has 1 amide bonds. The number of ether oxygens (including phenoxy) is 2. The van der Waals surface area contributed by atoms with Crippen molar-refractivity contribution >= 4 is 11.6 Å². The second kappa shape index (κ2) is 8.81. The second-order valence-corrected chi connectivity index (χ2v) is 7.06. The van der Waals surface area contributed by atoms with Gasteiger partial charge in [0, 0.05) is 31.1 Å². The van der Waals surface area contributed by atoms with Crippen molar-refractivity contribution < 1.29 is 14.3 Å².